The fraction of sp³-hybridized carbons (Fsp3) is 0.407. The van der Waals surface area contributed by atoms with Crippen LogP contribution in [0.25, 0.3) is 10.9 Å². The number of pyridine rings is 1. The number of aryl methyl sites for hydroxylation is 1. The molecule has 1 N–H and O–H groups in total. The molecule has 4 heterocycles. The summed E-state index contributed by atoms with van der Waals surface area (Å²) in [4.78, 5) is 18.8. The van der Waals surface area contributed by atoms with E-state index in [9.17, 15) is 9.18 Å². The lowest BCUT2D eigenvalue weighted by molar-refractivity contribution is 0.0924. The fourth-order valence-corrected chi connectivity index (χ4v) is 5.60. The SMILES string of the molecule is COc1ccc2[nH]c(=O)c([C@@H](c3nnnn3C[C@@H]3CCCO3)N3c4ccc(F)cc4CC[C@H]3C)cc2c1. The average Bonchev–Trinajstić information content (AvgIpc) is 3.58. The molecule has 0 bridgehead atoms. The summed E-state index contributed by atoms with van der Waals surface area (Å²) in [7, 11) is 1.61. The average molecular weight is 505 g/mol. The van der Waals surface area contributed by atoms with Crippen LogP contribution in [0.5, 0.6) is 5.75 Å². The second kappa shape index (κ2) is 9.59. The van der Waals surface area contributed by atoms with Crippen molar-refractivity contribution in [3.05, 3.63) is 75.6 Å². The van der Waals surface area contributed by atoms with E-state index in [1.165, 1.54) is 6.07 Å². The minimum Gasteiger partial charge on any atom is -0.497 e. The first-order chi connectivity index (χ1) is 18.0. The number of ether oxygens (including phenoxy) is 2. The molecule has 2 aromatic carbocycles. The molecule has 3 atom stereocenters. The summed E-state index contributed by atoms with van der Waals surface area (Å²) >= 11 is 0. The maximum Gasteiger partial charge on any atom is 0.254 e. The highest BCUT2D eigenvalue weighted by Crippen LogP contribution is 2.40. The summed E-state index contributed by atoms with van der Waals surface area (Å²) in [6.07, 6.45) is 3.51. The van der Waals surface area contributed by atoms with Gasteiger partial charge in [-0.3, -0.25) is 4.79 Å². The molecule has 4 aromatic rings. The van der Waals surface area contributed by atoms with Crippen molar-refractivity contribution >= 4 is 16.6 Å². The molecule has 9 nitrogen and oxygen atoms in total. The van der Waals surface area contributed by atoms with Gasteiger partial charge in [0.25, 0.3) is 5.56 Å². The molecule has 1 fully saturated rings. The number of anilines is 1. The topological polar surface area (TPSA) is 98.2 Å². The molecule has 0 saturated carbocycles. The summed E-state index contributed by atoms with van der Waals surface area (Å²) in [5, 5.41) is 13.6. The van der Waals surface area contributed by atoms with Gasteiger partial charge in [0.05, 0.1) is 19.8 Å². The zero-order valence-corrected chi connectivity index (χ0v) is 20.9. The van der Waals surface area contributed by atoms with Crippen molar-refractivity contribution in [2.75, 3.05) is 18.6 Å². The number of fused-ring (bicyclic) bond motifs is 2. The Kier molecular flexibility index (Phi) is 6.11. The lowest BCUT2D eigenvalue weighted by Gasteiger charge is -2.42. The number of H-pyrrole nitrogens is 1. The molecular weight excluding hydrogens is 475 g/mol. The molecule has 2 aromatic heterocycles. The zero-order valence-electron chi connectivity index (χ0n) is 20.9. The van der Waals surface area contributed by atoms with E-state index in [-0.39, 0.29) is 23.5 Å². The molecule has 37 heavy (non-hydrogen) atoms. The first kappa shape index (κ1) is 23.6. The minimum atomic E-state index is -0.602. The monoisotopic (exact) mass is 504 g/mol. The van der Waals surface area contributed by atoms with Crippen molar-refractivity contribution in [2.24, 2.45) is 0 Å². The van der Waals surface area contributed by atoms with Crippen LogP contribution in [0.3, 0.4) is 0 Å². The van der Waals surface area contributed by atoms with E-state index in [0.717, 1.165) is 48.9 Å². The van der Waals surface area contributed by atoms with Crippen molar-refractivity contribution in [1.29, 1.82) is 0 Å². The number of nitrogens with zero attached hydrogens (tertiary/aromatic N) is 5. The number of tetrazole rings is 1. The summed E-state index contributed by atoms with van der Waals surface area (Å²) in [5.41, 5.74) is 2.77. The lowest BCUT2D eigenvalue weighted by Crippen LogP contribution is -2.44. The Bertz CT molecular complexity index is 1500. The largest absolute Gasteiger partial charge is 0.497 e. The van der Waals surface area contributed by atoms with Gasteiger partial charge < -0.3 is 19.4 Å². The van der Waals surface area contributed by atoms with E-state index in [4.69, 9.17) is 9.47 Å². The lowest BCUT2D eigenvalue weighted by atomic mass is 9.92. The third kappa shape index (κ3) is 4.35. The molecule has 0 aliphatic carbocycles. The van der Waals surface area contributed by atoms with Gasteiger partial charge in [0.15, 0.2) is 5.82 Å². The van der Waals surface area contributed by atoms with Crippen molar-refractivity contribution in [3.8, 4) is 5.75 Å². The molecule has 0 unspecified atom stereocenters. The van der Waals surface area contributed by atoms with Crippen LogP contribution in [-0.2, 0) is 17.7 Å². The highest BCUT2D eigenvalue weighted by Gasteiger charge is 2.37. The van der Waals surface area contributed by atoms with Gasteiger partial charge in [-0.2, -0.15) is 0 Å². The Morgan fingerprint density at radius 1 is 1.22 bits per heavy atom. The third-order valence-corrected chi connectivity index (χ3v) is 7.48. The first-order valence-electron chi connectivity index (χ1n) is 12.7. The number of hydrogen-bond donors (Lipinski definition) is 1. The minimum absolute atomic E-state index is 0.0159. The molecule has 1 saturated heterocycles. The van der Waals surface area contributed by atoms with E-state index in [2.05, 4.69) is 32.3 Å². The van der Waals surface area contributed by atoms with Crippen LogP contribution < -0.4 is 15.2 Å². The number of nitrogens with one attached hydrogen (secondary N) is 1. The van der Waals surface area contributed by atoms with E-state index in [1.807, 2.05) is 24.3 Å². The van der Waals surface area contributed by atoms with E-state index >= 15 is 0 Å². The van der Waals surface area contributed by atoms with E-state index in [0.29, 0.717) is 29.2 Å². The summed E-state index contributed by atoms with van der Waals surface area (Å²) in [6.45, 7) is 3.34. The first-order valence-corrected chi connectivity index (χ1v) is 12.7. The van der Waals surface area contributed by atoms with Crippen LogP contribution in [0.15, 0.2) is 47.3 Å². The van der Waals surface area contributed by atoms with Crippen molar-refractivity contribution in [3.63, 3.8) is 0 Å². The second-order valence-corrected chi connectivity index (χ2v) is 9.83. The van der Waals surface area contributed by atoms with Crippen LogP contribution in [0.1, 0.15) is 49.2 Å². The number of rotatable bonds is 6. The quantitative estimate of drug-likeness (QED) is 0.427. The molecule has 2 aliphatic heterocycles. The Hall–Kier alpha value is -3.79. The Balaban J connectivity index is 1.55. The molecule has 6 rings (SSSR count). The number of methoxy groups -OCH3 is 1. The van der Waals surface area contributed by atoms with E-state index < -0.39 is 6.04 Å². The van der Waals surface area contributed by atoms with Crippen LogP contribution in [0.4, 0.5) is 10.1 Å². The molecule has 2 aliphatic rings. The normalized spacial score (nSPS) is 20.2. The number of benzene rings is 2. The molecular formula is C27H29FN6O3. The Morgan fingerprint density at radius 2 is 2.11 bits per heavy atom. The van der Waals surface area contributed by atoms with Crippen molar-refractivity contribution in [2.45, 2.75) is 57.3 Å². The standard InChI is InChI=1S/C27H29FN6O3/c1-16-5-6-17-12-19(28)7-10-24(17)34(16)25(26-30-31-32-33(26)15-21-4-3-11-37-21)22-14-18-13-20(36-2)8-9-23(18)29-27(22)35/h7-10,12-14,16,21,25H,3-6,11,15H2,1-2H3,(H,29,35)/t16-,21+,25+/m1/s1. The second-order valence-electron chi connectivity index (χ2n) is 9.83. The van der Waals surface area contributed by atoms with Crippen molar-refractivity contribution < 1.29 is 13.9 Å². The highest BCUT2D eigenvalue weighted by atomic mass is 19.1. The van der Waals surface area contributed by atoms with Crippen LogP contribution in [0, 0.1) is 5.82 Å². The molecule has 0 radical (unpaired) electrons. The zero-order chi connectivity index (χ0) is 25.5. The predicted octanol–water partition coefficient (Wildman–Crippen LogP) is 3.77. The summed E-state index contributed by atoms with van der Waals surface area (Å²) in [6, 6.07) is 11.7. The van der Waals surface area contributed by atoms with Gasteiger partial charge in [-0.25, -0.2) is 9.07 Å². The smallest absolute Gasteiger partial charge is 0.254 e. The van der Waals surface area contributed by atoms with Gasteiger partial charge in [0.1, 0.15) is 17.6 Å². The molecule has 192 valence electrons. The molecule has 10 heteroatoms. The number of halogens is 1. The summed E-state index contributed by atoms with van der Waals surface area (Å²) < 4.78 is 27.2. The van der Waals surface area contributed by atoms with Gasteiger partial charge in [-0.05, 0) is 91.1 Å². The molecule has 0 spiro atoms. The number of hydrogen-bond acceptors (Lipinski definition) is 7. The van der Waals surface area contributed by atoms with Gasteiger partial charge in [0, 0.05) is 34.8 Å². The van der Waals surface area contributed by atoms with Crippen LogP contribution in [0.2, 0.25) is 0 Å². The number of aromatic amines is 1. The van der Waals surface area contributed by atoms with Gasteiger partial charge in [-0.1, -0.05) is 0 Å². The number of aromatic nitrogens is 5. The third-order valence-electron chi connectivity index (χ3n) is 7.48. The van der Waals surface area contributed by atoms with Gasteiger partial charge >= 0.3 is 0 Å². The molecule has 0 amide bonds. The van der Waals surface area contributed by atoms with E-state index in [1.54, 1.807) is 23.9 Å². The van der Waals surface area contributed by atoms with Crippen LogP contribution in [-0.4, -0.2) is 51.1 Å². The predicted molar refractivity (Wildman–Crippen MR) is 136 cm³/mol. The van der Waals surface area contributed by atoms with Crippen LogP contribution >= 0.6 is 0 Å². The highest BCUT2D eigenvalue weighted by molar-refractivity contribution is 5.81. The van der Waals surface area contributed by atoms with Gasteiger partial charge in [-0.15, -0.1) is 5.10 Å². The maximum atomic E-state index is 14.2. The van der Waals surface area contributed by atoms with Crippen molar-refractivity contribution in [1.82, 2.24) is 25.2 Å². The fourth-order valence-electron chi connectivity index (χ4n) is 5.60. The van der Waals surface area contributed by atoms with Gasteiger partial charge in [0.2, 0.25) is 0 Å². The Morgan fingerprint density at radius 3 is 2.92 bits per heavy atom. The Labute approximate surface area is 213 Å². The maximum absolute atomic E-state index is 14.2. The summed E-state index contributed by atoms with van der Waals surface area (Å²) in [5.74, 6) is 0.966.